The predicted molar refractivity (Wildman–Crippen MR) is 133 cm³/mol. The number of hydrogen-bond donors (Lipinski definition) is 2. The van der Waals surface area contributed by atoms with E-state index in [1.54, 1.807) is 6.26 Å². The zero-order valence-corrected chi connectivity index (χ0v) is 21.2. The monoisotopic (exact) mass is 524 g/mol. The van der Waals surface area contributed by atoms with Crippen LogP contribution in [-0.4, -0.2) is 28.1 Å². The highest BCUT2D eigenvalue weighted by molar-refractivity contribution is 7.97. The van der Waals surface area contributed by atoms with E-state index in [-0.39, 0.29) is 22.8 Å². The van der Waals surface area contributed by atoms with Crippen molar-refractivity contribution in [2.24, 2.45) is 11.3 Å². The van der Waals surface area contributed by atoms with Crippen LogP contribution < -0.4 is 14.8 Å². The number of rotatable bonds is 6. The Balaban J connectivity index is 1.77. The maximum atomic E-state index is 15.0. The van der Waals surface area contributed by atoms with Gasteiger partial charge in [-0.1, -0.05) is 32.7 Å². The number of anilines is 2. The first-order valence-electron chi connectivity index (χ1n) is 11.5. The van der Waals surface area contributed by atoms with E-state index in [4.69, 9.17) is 0 Å². The van der Waals surface area contributed by atoms with Crippen molar-refractivity contribution in [3.8, 4) is 5.75 Å². The van der Waals surface area contributed by atoms with Crippen LogP contribution in [0.1, 0.15) is 56.4 Å². The molecule has 36 heavy (non-hydrogen) atoms. The molecule has 0 saturated heterocycles. The largest absolute Gasteiger partial charge is 0.573 e. The molecule has 194 valence electrons. The molecule has 0 bridgehead atoms. The van der Waals surface area contributed by atoms with E-state index in [9.17, 15) is 18.0 Å². The van der Waals surface area contributed by atoms with Crippen LogP contribution in [-0.2, 0) is 0 Å². The number of halogens is 4. The number of ether oxygens (including phenoxy) is 1. The third-order valence-corrected chi connectivity index (χ3v) is 6.68. The van der Waals surface area contributed by atoms with Crippen molar-refractivity contribution >= 4 is 40.5 Å². The molecule has 1 heterocycles. The van der Waals surface area contributed by atoms with Gasteiger partial charge in [0, 0.05) is 24.1 Å². The van der Waals surface area contributed by atoms with Crippen molar-refractivity contribution in [3.63, 3.8) is 0 Å². The summed E-state index contributed by atoms with van der Waals surface area (Å²) in [5, 5.41) is 3.17. The summed E-state index contributed by atoms with van der Waals surface area (Å²) < 4.78 is 61.0. The molecule has 3 aromatic rings. The smallest absolute Gasteiger partial charge is 0.406 e. The molecule has 6 nitrogen and oxygen atoms in total. The number of carbonyl (C=O) groups excluding carboxylic acids is 1. The zero-order valence-electron chi connectivity index (χ0n) is 20.4. The number of benzene rings is 2. The van der Waals surface area contributed by atoms with Crippen molar-refractivity contribution in [1.82, 2.24) is 14.3 Å². The molecular weight excluding hydrogens is 496 g/mol. The Labute approximate surface area is 210 Å². The Kier molecular flexibility index (Phi) is 7.14. The van der Waals surface area contributed by atoms with E-state index in [0.717, 1.165) is 31.2 Å². The first kappa shape index (κ1) is 26.1. The molecule has 1 aromatic heterocycles. The molecule has 11 heteroatoms. The molecule has 0 radical (unpaired) electrons. The summed E-state index contributed by atoms with van der Waals surface area (Å²) in [7, 11) is 0. The summed E-state index contributed by atoms with van der Waals surface area (Å²) in [6.07, 6.45) is -0.350. The fourth-order valence-corrected chi connectivity index (χ4v) is 5.55. The first-order valence-corrected chi connectivity index (χ1v) is 12.8. The van der Waals surface area contributed by atoms with Crippen LogP contribution in [0.25, 0.3) is 11.0 Å². The zero-order chi connectivity index (χ0) is 26.3. The number of nitrogens with one attached hydrogen (secondary N) is 2. The van der Waals surface area contributed by atoms with Crippen molar-refractivity contribution in [1.29, 1.82) is 0 Å². The highest BCUT2D eigenvalue weighted by Crippen LogP contribution is 2.46. The number of fused-ring (bicyclic) bond motifs is 1. The average molecular weight is 525 g/mol. The van der Waals surface area contributed by atoms with Crippen LogP contribution in [0.5, 0.6) is 5.75 Å². The SMILES string of the molecule is CSNC(=O)c1cc2nc(Nc3ccc(OC(F)(F)F)cc3)n([C@@H]3C[C@H](C)CC(C)(C)C3)c2cc1F. The number of imidazole rings is 1. The van der Waals surface area contributed by atoms with Crippen molar-refractivity contribution < 1.29 is 27.1 Å². The third kappa shape index (κ3) is 5.88. The second-order valence-corrected chi connectivity index (χ2v) is 10.6. The van der Waals surface area contributed by atoms with Crippen LogP contribution >= 0.6 is 11.9 Å². The van der Waals surface area contributed by atoms with Crippen LogP contribution in [0, 0.1) is 17.2 Å². The van der Waals surface area contributed by atoms with Gasteiger partial charge in [0.15, 0.2) is 0 Å². The summed E-state index contributed by atoms with van der Waals surface area (Å²) in [6.45, 7) is 6.59. The lowest BCUT2D eigenvalue weighted by Gasteiger charge is -2.40. The lowest BCUT2D eigenvalue weighted by molar-refractivity contribution is -0.274. The molecule has 0 unspecified atom stereocenters. The molecule has 1 fully saturated rings. The van der Waals surface area contributed by atoms with Gasteiger partial charge in [-0.05, 0) is 60.9 Å². The molecule has 0 spiro atoms. The van der Waals surface area contributed by atoms with Gasteiger partial charge in [-0.2, -0.15) is 0 Å². The molecule has 2 aromatic carbocycles. The van der Waals surface area contributed by atoms with Gasteiger partial charge in [0.2, 0.25) is 5.95 Å². The Bertz CT molecular complexity index is 1260. The van der Waals surface area contributed by atoms with Crippen molar-refractivity contribution in [2.45, 2.75) is 52.4 Å². The molecule has 0 aliphatic heterocycles. The molecular formula is C25H28F4N4O2S. The minimum Gasteiger partial charge on any atom is -0.406 e. The normalized spacial score (nSPS) is 19.8. The summed E-state index contributed by atoms with van der Waals surface area (Å²) in [4.78, 5) is 17.0. The van der Waals surface area contributed by atoms with Crippen LogP contribution in [0.15, 0.2) is 36.4 Å². The number of hydrogen-bond acceptors (Lipinski definition) is 5. The van der Waals surface area contributed by atoms with E-state index < -0.39 is 18.1 Å². The van der Waals surface area contributed by atoms with Crippen molar-refractivity contribution in [2.75, 3.05) is 11.6 Å². The summed E-state index contributed by atoms with van der Waals surface area (Å²) >= 11 is 1.07. The molecule has 2 N–H and O–H groups in total. The van der Waals surface area contributed by atoms with Crippen molar-refractivity contribution in [3.05, 3.63) is 47.8 Å². The second kappa shape index (κ2) is 9.84. The van der Waals surface area contributed by atoms with E-state index in [1.807, 2.05) is 4.57 Å². The maximum absolute atomic E-state index is 15.0. The van der Waals surface area contributed by atoms with E-state index in [1.165, 1.54) is 36.4 Å². The predicted octanol–water partition coefficient (Wildman–Crippen LogP) is 7.21. The number of carbonyl (C=O) groups is 1. The fourth-order valence-electron chi connectivity index (χ4n) is 5.26. The van der Waals surface area contributed by atoms with Crippen LogP contribution in [0.3, 0.4) is 0 Å². The number of alkyl halides is 3. The van der Waals surface area contributed by atoms with Gasteiger partial charge in [0.25, 0.3) is 5.91 Å². The topological polar surface area (TPSA) is 68.2 Å². The first-order chi connectivity index (χ1) is 16.8. The molecule has 1 amide bonds. The molecule has 1 saturated carbocycles. The quantitative estimate of drug-likeness (QED) is 0.263. The van der Waals surface area contributed by atoms with Crippen LogP contribution in [0.2, 0.25) is 0 Å². The molecule has 4 rings (SSSR count). The minimum absolute atomic E-state index is 0.00867. The highest BCUT2D eigenvalue weighted by atomic mass is 32.2. The summed E-state index contributed by atoms with van der Waals surface area (Å²) in [5.41, 5.74) is 1.42. The van der Waals surface area contributed by atoms with E-state index >= 15 is 4.39 Å². The Morgan fingerprint density at radius 1 is 1.19 bits per heavy atom. The minimum atomic E-state index is -4.78. The standard InChI is InChI=1S/C25H28F4N4O2S/c1-14-9-16(13-24(2,3)12-14)33-21-11-19(26)18(22(34)32-36-4)10-20(21)31-23(33)30-15-5-7-17(8-6-15)35-25(27,28)29/h5-8,10-11,14,16H,9,12-13H2,1-4H3,(H,30,31)(H,32,34)/t14-,16+/m0/s1. The fraction of sp³-hybridized carbons (Fsp3) is 0.440. The second-order valence-electron chi connectivity index (χ2n) is 10.0. The van der Waals surface area contributed by atoms with Gasteiger partial charge in [0.1, 0.15) is 11.6 Å². The summed E-state index contributed by atoms with van der Waals surface area (Å²) in [6, 6.07) is 8.09. The van der Waals surface area contributed by atoms with Gasteiger partial charge in [-0.25, -0.2) is 9.37 Å². The van der Waals surface area contributed by atoms with Gasteiger partial charge in [-0.3, -0.25) is 9.52 Å². The average Bonchev–Trinajstić information content (AvgIpc) is 3.08. The van der Waals surface area contributed by atoms with Gasteiger partial charge < -0.3 is 14.6 Å². The van der Waals surface area contributed by atoms with Gasteiger partial charge in [-0.15, -0.1) is 13.2 Å². The molecule has 2 atom stereocenters. The van der Waals surface area contributed by atoms with E-state index in [0.29, 0.717) is 28.6 Å². The maximum Gasteiger partial charge on any atom is 0.573 e. The number of nitrogens with zero attached hydrogens (tertiary/aromatic N) is 2. The third-order valence-electron chi connectivity index (χ3n) is 6.29. The van der Waals surface area contributed by atoms with Gasteiger partial charge >= 0.3 is 6.36 Å². The van der Waals surface area contributed by atoms with Gasteiger partial charge in [0.05, 0.1) is 16.6 Å². The Hall–Kier alpha value is -2.95. The molecule has 1 aliphatic carbocycles. The number of amides is 1. The highest BCUT2D eigenvalue weighted by Gasteiger charge is 2.35. The van der Waals surface area contributed by atoms with E-state index in [2.05, 4.69) is 40.5 Å². The van der Waals surface area contributed by atoms with Crippen LogP contribution in [0.4, 0.5) is 29.2 Å². The molecule has 1 aliphatic rings. The number of aromatic nitrogens is 2. The Morgan fingerprint density at radius 3 is 2.50 bits per heavy atom. The lowest BCUT2D eigenvalue weighted by atomic mass is 9.70. The lowest BCUT2D eigenvalue weighted by Crippen LogP contribution is -2.29. The Morgan fingerprint density at radius 2 is 1.89 bits per heavy atom. The summed E-state index contributed by atoms with van der Waals surface area (Å²) in [5.74, 6) is -0.696.